The van der Waals surface area contributed by atoms with Crippen LogP contribution in [0.1, 0.15) is 27.2 Å². The number of allylic oxidation sites excluding steroid dienone is 1. The Balaban J connectivity index is 2.42. The van der Waals surface area contributed by atoms with Crippen molar-refractivity contribution < 1.29 is 0 Å². The van der Waals surface area contributed by atoms with Crippen molar-refractivity contribution in [3.63, 3.8) is 0 Å². The Labute approximate surface area is 58.0 Å². The first-order chi connectivity index (χ1) is 4.08. The fourth-order valence-electron chi connectivity index (χ4n) is 1.57. The van der Waals surface area contributed by atoms with E-state index in [1.54, 1.807) is 0 Å². The lowest BCUT2D eigenvalue weighted by atomic mass is 9.99. The molecule has 1 aliphatic rings. The summed E-state index contributed by atoms with van der Waals surface area (Å²) in [6.45, 7) is 10.7. The molecule has 0 N–H and O–H groups in total. The Bertz CT molecular complexity index is 122. The summed E-state index contributed by atoms with van der Waals surface area (Å²) in [6, 6.07) is 0. The van der Waals surface area contributed by atoms with Crippen LogP contribution < -0.4 is 0 Å². The van der Waals surface area contributed by atoms with Crippen LogP contribution in [0.3, 0.4) is 0 Å². The number of rotatable bonds is 2. The molecular weight excluding hydrogens is 108 g/mol. The highest BCUT2D eigenvalue weighted by molar-refractivity contribution is 5.01. The first-order valence-electron chi connectivity index (χ1n) is 3.70. The third kappa shape index (κ3) is 1.17. The van der Waals surface area contributed by atoms with Crippen LogP contribution in [0.15, 0.2) is 12.7 Å². The van der Waals surface area contributed by atoms with Crippen LogP contribution in [0.25, 0.3) is 0 Å². The second-order valence-electron chi connectivity index (χ2n) is 3.89. The molecule has 1 aliphatic carbocycles. The Morgan fingerprint density at radius 3 is 2.22 bits per heavy atom. The molecule has 0 aromatic carbocycles. The van der Waals surface area contributed by atoms with Gasteiger partial charge in [0.25, 0.3) is 0 Å². The Morgan fingerprint density at radius 2 is 2.11 bits per heavy atom. The summed E-state index contributed by atoms with van der Waals surface area (Å²) in [7, 11) is 0. The molecule has 1 saturated carbocycles. The van der Waals surface area contributed by atoms with Gasteiger partial charge in [0.2, 0.25) is 0 Å². The molecule has 1 fully saturated rings. The summed E-state index contributed by atoms with van der Waals surface area (Å²) < 4.78 is 0. The molecule has 0 amide bonds. The maximum Gasteiger partial charge on any atom is -0.0231 e. The Kier molecular flexibility index (Phi) is 1.42. The lowest BCUT2D eigenvalue weighted by molar-refractivity contribution is 0.485. The summed E-state index contributed by atoms with van der Waals surface area (Å²) >= 11 is 0. The normalized spacial score (nSPS) is 33.4. The van der Waals surface area contributed by atoms with E-state index in [0.29, 0.717) is 5.41 Å². The molecule has 2 atom stereocenters. The quantitative estimate of drug-likeness (QED) is 0.496. The standard InChI is InChI=1S/C9H16/c1-5-7(2)8-6-9(8,3)4/h5,7-8H,1,6H2,2-4H3. The fourth-order valence-corrected chi connectivity index (χ4v) is 1.57. The molecule has 0 heteroatoms. The minimum atomic E-state index is 0.619. The molecule has 2 unspecified atom stereocenters. The fraction of sp³-hybridized carbons (Fsp3) is 0.778. The van der Waals surface area contributed by atoms with Crippen molar-refractivity contribution in [2.24, 2.45) is 17.3 Å². The van der Waals surface area contributed by atoms with Crippen LogP contribution in [-0.2, 0) is 0 Å². The van der Waals surface area contributed by atoms with E-state index < -0.39 is 0 Å². The van der Waals surface area contributed by atoms with Crippen LogP contribution in [0.4, 0.5) is 0 Å². The lowest BCUT2D eigenvalue weighted by Crippen LogP contribution is -1.98. The summed E-state index contributed by atoms with van der Waals surface area (Å²) in [5, 5.41) is 0. The van der Waals surface area contributed by atoms with E-state index in [1.165, 1.54) is 6.42 Å². The zero-order valence-corrected chi connectivity index (χ0v) is 6.65. The third-order valence-electron chi connectivity index (χ3n) is 2.60. The highest BCUT2D eigenvalue weighted by atomic mass is 14.5. The van der Waals surface area contributed by atoms with E-state index in [1.807, 2.05) is 0 Å². The van der Waals surface area contributed by atoms with E-state index >= 15 is 0 Å². The second-order valence-corrected chi connectivity index (χ2v) is 3.89. The van der Waals surface area contributed by atoms with Gasteiger partial charge in [-0.15, -0.1) is 6.58 Å². The monoisotopic (exact) mass is 124 g/mol. The number of hydrogen-bond donors (Lipinski definition) is 0. The van der Waals surface area contributed by atoms with Crippen molar-refractivity contribution in [2.45, 2.75) is 27.2 Å². The Morgan fingerprint density at radius 1 is 1.67 bits per heavy atom. The van der Waals surface area contributed by atoms with E-state index in [-0.39, 0.29) is 0 Å². The zero-order chi connectivity index (χ0) is 7.07. The van der Waals surface area contributed by atoms with Crippen molar-refractivity contribution in [2.75, 3.05) is 0 Å². The van der Waals surface area contributed by atoms with Crippen LogP contribution >= 0.6 is 0 Å². The van der Waals surface area contributed by atoms with Crippen LogP contribution in [-0.4, -0.2) is 0 Å². The van der Waals surface area contributed by atoms with E-state index in [0.717, 1.165) is 11.8 Å². The molecule has 0 spiro atoms. The maximum atomic E-state index is 3.79. The maximum absolute atomic E-state index is 3.79. The first-order valence-corrected chi connectivity index (χ1v) is 3.70. The molecule has 1 rings (SSSR count). The van der Waals surface area contributed by atoms with Crippen molar-refractivity contribution in [1.29, 1.82) is 0 Å². The van der Waals surface area contributed by atoms with Gasteiger partial charge in [-0.3, -0.25) is 0 Å². The van der Waals surface area contributed by atoms with Gasteiger partial charge >= 0.3 is 0 Å². The van der Waals surface area contributed by atoms with Crippen molar-refractivity contribution >= 4 is 0 Å². The van der Waals surface area contributed by atoms with Crippen LogP contribution in [0.5, 0.6) is 0 Å². The molecule has 0 heterocycles. The highest BCUT2D eigenvalue weighted by Crippen LogP contribution is 2.55. The first kappa shape index (κ1) is 6.85. The zero-order valence-electron chi connectivity index (χ0n) is 6.65. The van der Waals surface area contributed by atoms with Gasteiger partial charge in [-0.05, 0) is 23.7 Å². The van der Waals surface area contributed by atoms with Crippen molar-refractivity contribution in [1.82, 2.24) is 0 Å². The third-order valence-corrected chi connectivity index (χ3v) is 2.60. The molecule has 0 bridgehead atoms. The average molecular weight is 124 g/mol. The van der Waals surface area contributed by atoms with Crippen LogP contribution in [0, 0.1) is 17.3 Å². The predicted octanol–water partition coefficient (Wildman–Crippen LogP) is 2.85. The molecule has 52 valence electrons. The molecule has 0 aromatic heterocycles. The molecule has 0 saturated heterocycles. The minimum absolute atomic E-state index is 0.619. The minimum Gasteiger partial charge on any atom is -0.103 e. The molecule has 0 radical (unpaired) electrons. The van der Waals surface area contributed by atoms with Gasteiger partial charge in [-0.25, -0.2) is 0 Å². The summed E-state index contributed by atoms with van der Waals surface area (Å²) in [5.74, 6) is 1.63. The molecule has 9 heavy (non-hydrogen) atoms. The highest BCUT2D eigenvalue weighted by Gasteiger charge is 2.47. The average Bonchev–Trinajstić information content (AvgIpc) is 2.38. The largest absolute Gasteiger partial charge is 0.103 e. The van der Waals surface area contributed by atoms with Crippen molar-refractivity contribution in [3.8, 4) is 0 Å². The predicted molar refractivity (Wildman–Crippen MR) is 41.2 cm³/mol. The van der Waals surface area contributed by atoms with Gasteiger partial charge in [0.05, 0.1) is 0 Å². The molecule has 0 nitrogen and oxygen atoms in total. The molecule has 0 aliphatic heterocycles. The van der Waals surface area contributed by atoms with E-state index in [9.17, 15) is 0 Å². The summed E-state index contributed by atoms with van der Waals surface area (Å²) in [4.78, 5) is 0. The number of hydrogen-bond acceptors (Lipinski definition) is 0. The van der Waals surface area contributed by atoms with Crippen LogP contribution in [0.2, 0.25) is 0 Å². The van der Waals surface area contributed by atoms with Gasteiger partial charge in [0, 0.05) is 0 Å². The summed E-state index contributed by atoms with van der Waals surface area (Å²) in [5.41, 5.74) is 0.619. The van der Waals surface area contributed by atoms with Gasteiger partial charge in [-0.2, -0.15) is 0 Å². The van der Waals surface area contributed by atoms with Gasteiger partial charge in [0.15, 0.2) is 0 Å². The van der Waals surface area contributed by atoms with E-state index in [4.69, 9.17) is 0 Å². The van der Waals surface area contributed by atoms with E-state index in [2.05, 4.69) is 33.4 Å². The molecule has 0 aromatic rings. The smallest absolute Gasteiger partial charge is 0.0231 e. The molecular formula is C9H16. The van der Waals surface area contributed by atoms with Gasteiger partial charge in [0.1, 0.15) is 0 Å². The second kappa shape index (κ2) is 1.86. The van der Waals surface area contributed by atoms with Crippen molar-refractivity contribution in [3.05, 3.63) is 12.7 Å². The van der Waals surface area contributed by atoms with Gasteiger partial charge < -0.3 is 0 Å². The summed E-state index contributed by atoms with van der Waals surface area (Å²) in [6.07, 6.45) is 3.46. The van der Waals surface area contributed by atoms with Gasteiger partial charge in [-0.1, -0.05) is 26.8 Å². The topological polar surface area (TPSA) is 0 Å². The lowest BCUT2D eigenvalue weighted by Gasteiger charge is -2.06. The Hall–Kier alpha value is -0.260. The SMILES string of the molecule is C=CC(C)C1CC1(C)C.